The molecule has 1 saturated heterocycles. The first-order chi connectivity index (χ1) is 13.8. The lowest BCUT2D eigenvalue weighted by molar-refractivity contribution is 0.0766. The van der Waals surface area contributed by atoms with Crippen LogP contribution in [-0.4, -0.2) is 49.7 Å². The van der Waals surface area contributed by atoms with Gasteiger partial charge in [-0.25, -0.2) is 17.8 Å². The van der Waals surface area contributed by atoms with Gasteiger partial charge in [-0.1, -0.05) is 32.0 Å². The minimum atomic E-state index is -3.58. The smallest absolute Gasteiger partial charge is 0.255 e. The third-order valence-corrected chi connectivity index (χ3v) is 6.94. The summed E-state index contributed by atoms with van der Waals surface area (Å²) in [5.74, 6) is -0.243. The molecule has 6 nitrogen and oxygen atoms in total. The van der Waals surface area contributed by atoms with Gasteiger partial charge in [-0.3, -0.25) is 4.79 Å². The maximum atomic E-state index is 14.2. The van der Waals surface area contributed by atoms with Crippen molar-refractivity contribution < 1.29 is 22.3 Å². The Balaban J connectivity index is 1.73. The highest BCUT2D eigenvalue weighted by Gasteiger charge is 2.34. The molecule has 0 saturated carbocycles. The highest BCUT2D eigenvalue weighted by atomic mass is 32.2. The number of carbonyl (C=O) groups is 1. The number of nitrogens with zero attached hydrogens (tertiary/aromatic N) is 2. The largest absolute Gasteiger partial charge is 0.477 e. The second-order valence-corrected chi connectivity index (χ2v) is 9.85. The molecule has 1 aliphatic heterocycles. The van der Waals surface area contributed by atoms with Gasteiger partial charge in [0.05, 0.1) is 23.2 Å². The Morgan fingerprint density at radius 2 is 2.00 bits per heavy atom. The van der Waals surface area contributed by atoms with Crippen molar-refractivity contribution in [2.75, 3.05) is 25.4 Å². The molecule has 1 fully saturated rings. The van der Waals surface area contributed by atoms with Gasteiger partial charge in [0.25, 0.3) is 5.91 Å². The van der Waals surface area contributed by atoms with Crippen LogP contribution in [0.4, 0.5) is 4.39 Å². The molecular formula is C21H25FN2O4S. The zero-order valence-corrected chi connectivity index (χ0v) is 17.4. The number of benzene rings is 1. The van der Waals surface area contributed by atoms with E-state index < -0.39 is 20.9 Å². The molecule has 1 aromatic heterocycles. The number of sulfone groups is 1. The average Bonchev–Trinajstić information content (AvgIpc) is 2.85. The predicted molar refractivity (Wildman–Crippen MR) is 108 cm³/mol. The minimum absolute atomic E-state index is 0.0672. The van der Waals surface area contributed by atoms with Gasteiger partial charge in [0, 0.05) is 30.9 Å². The van der Waals surface area contributed by atoms with Crippen LogP contribution in [0.3, 0.4) is 0 Å². The highest BCUT2D eigenvalue weighted by Crippen LogP contribution is 2.31. The second-order valence-electron chi connectivity index (χ2n) is 7.55. The minimum Gasteiger partial charge on any atom is -0.477 e. The average molecular weight is 421 g/mol. The Kier molecular flexibility index (Phi) is 6.52. The number of carbonyl (C=O) groups excluding carboxylic acids is 1. The monoisotopic (exact) mass is 420 g/mol. The lowest BCUT2D eigenvalue weighted by atomic mass is 10.1. The predicted octanol–water partition coefficient (Wildman–Crippen LogP) is 3.26. The molecule has 0 aliphatic carbocycles. The van der Waals surface area contributed by atoms with E-state index in [2.05, 4.69) is 4.98 Å². The summed E-state index contributed by atoms with van der Waals surface area (Å²) in [6.07, 6.45) is 1.59. The van der Waals surface area contributed by atoms with Gasteiger partial charge in [0.2, 0.25) is 5.88 Å². The van der Waals surface area contributed by atoms with Crippen LogP contribution in [0.15, 0.2) is 42.6 Å². The molecule has 156 valence electrons. The summed E-state index contributed by atoms with van der Waals surface area (Å²) in [6.45, 7) is 4.88. The van der Waals surface area contributed by atoms with Crippen LogP contribution < -0.4 is 4.74 Å². The normalized spacial score (nSPS) is 19.0. The van der Waals surface area contributed by atoms with E-state index in [1.807, 2.05) is 13.8 Å². The summed E-state index contributed by atoms with van der Waals surface area (Å²) < 4.78 is 45.1. The van der Waals surface area contributed by atoms with Crippen molar-refractivity contribution in [1.82, 2.24) is 9.88 Å². The Labute approximate surface area is 170 Å². The van der Waals surface area contributed by atoms with Gasteiger partial charge in [0.1, 0.15) is 5.82 Å². The standard InChI is InChI=1S/C21H25FN2O4S/c1-15(2)14-28-20-8-7-16(13-23-20)21(25)24-10-9-19(29(26,27)12-11-24)17-5-3-4-6-18(17)22/h3-8,13,15,19H,9-12,14H2,1-2H3. The summed E-state index contributed by atoms with van der Waals surface area (Å²) >= 11 is 0. The summed E-state index contributed by atoms with van der Waals surface area (Å²) in [6, 6.07) is 9.16. The maximum absolute atomic E-state index is 14.2. The zero-order chi connectivity index (χ0) is 21.0. The van der Waals surface area contributed by atoms with E-state index in [-0.39, 0.29) is 36.7 Å². The zero-order valence-electron chi connectivity index (χ0n) is 16.5. The van der Waals surface area contributed by atoms with Crippen LogP contribution >= 0.6 is 0 Å². The molecule has 1 amide bonds. The fourth-order valence-corrected chi connectivity index (χ4v) is 5.06. The fraction of sp³-hybridized carbons (Fsp3) is 0.429. The number of ether oxygens (including phenoxy) is 1. The van der Waals surface area contributed by atoms with Crippen LogP contribution in [0.2, 0.25) is 0 Å². The van der Waals surface area contributed by atoms with Crippen molar-refractivity contribution in [2.24, 2.45) is 5.92 Å². The molecule has 0 bridgehead atoms. The molecule has 0 radical (unpaired) electrons. The third kappa shape index (κ3) is 5.12. The summed E-state index contributed by atoms with van der Waals surface area (Å²) in [5.41, 5.74) is 0.527. The van der Waals surface area contributed by atoms with Crippen LogP contribution in [-0.2, 0) is 9.84 Å². The van der Waals surface area contributed by atoms with Gasteiger partial charge < -0.3 is 9.64 Å². The molecule has 0 spiro atoms. The summed E-state index contributed by atoms with van der Waals surface area (Å²) in [4.78, 5) is 18.5. The van der Waals surface area contributed by atoms with E-state index in [9.17, 15) is 17.6 Å². The molecule has 2 aromatic rings. The molecule has 1 aliphatic rings. The van der Waals surface area contributed by atoms with Gasteiger partial charge in [-0.2, -0.15) is 0 Å². The summed E-state index contributed by atoms with van der Waals surface area (Å²) in [7, 11) is -3.58. The molecule has 29 heavy (non-hydrogen) atoms. The number of hydrogen-bond acceptors (Lipinski definition) is 5. The Morgan fingerprint density at radius 1 is 1.24 bits per heavy atom. The molecule has 1 unspecified atom stereocenters. The van der Waals surface area contributed by atoms with Crippen LogP contribution in [0, 0.1) is 11.7 Å². The van der Waals surface area contributed by atoms with E-state index >= 15 is 0 Å². The van der Waals surface area contributed by atoms with Crippen LogP contribution in [0.5, 0.6) is 5.88 Å². The highest BCUT2D eigenvalue weighted by molar-refractivity contribution is 7.91. The molecule has 2 heterocycles. The quantitative estimate of drug-likeness (QED) is 0.742. The SMILES string of the molecule is CC(C)COc1ccc(C(=O)N2CCC(c3ccccc3F)S(=O)(=O)CC2)cn1. The Bertz CT molecular complexity index is 961. The molecular weight excluding hydrogens is 395 g/mol. The number of rotatable bonds is 5. The van der Waals surface area contributed by atoms with Crippen molar-refractivity contribution in [3.63, 3.8) is 0 Å². The molecule has 1 aromatic carbocycles. The molecule has 3 rings (SSSR count). The molecule has 1 atom stereocenters. The first-order valence-electron chi connectivity index (χ1n) is 9.62. The Morgan fingerprint density at radius 3 is 2.66 bits per heavy atom. The van der Waals surface area contributed by atoms with E-state index in [1.54, 1.807) is 18.2 Å². The number of halogens is 1. The van der Waals surface area contributed by atoms with E-state index in [1.165, 1.54) is 29.3 Å². The number of hydrogen-bond donors (Lipinski definition) is 0. The van der Waals surface area contributed by atoms with Crippen molar-refractivity contribution >= 4 is 15.7 Å². The molecule has 8 heteroatoms. The lowest BCUT2D eigenvalue weighted by Crippen LogP contribution is -2.33. The number of pyridine rings is 1. The second kappa shape index (κ2) is 8.90. The first kappa shape index (κ1) is 21.2. The van der Waals surface area contributed by atoms with E-state index in [0.717, 1.165) is 0 Å². The fourth-order valence-electron chi connectivity index (χ4n) is 3.26. The van der Waals surface area contributed by atoms with Crippen LogP contribution in [0.1, 0.15) is 41.4 Å². The van der Waals surface area contributed by atoms with Crippen molar-refractivity contribution in [1.29, 1.82) is 0 Å². The lowest BCUT2D eigenvalue weighted by Gasteiger charge is -2.20. The van der Waals surface area contributed by atoms with Gasteiger partial charge in [-0.05, 0) is 24.5 Å². The van der Waals surface area contributed by atoms with E-state index in [0.29, 0.717) is 24.0 Å². The maximum Gasteiger partial charge on any atom is 0.255 e. The van der Waals surface area contributed by atoms with Gasteiger partial charge >= 0.3 is 0 Å². The molecule has 0 N–H and O–H groups in total. The Hall–Kier alpha value is -2.48. The van der Waals surface area contributed by atoms with E-state index in [4.69, 9.17) is 4.74 Å². The topological polar surface area (TPSA) is 76.6 Å². The van der Waals surface area contributed by atoms with Crippen molar-refractivity contribution in [2.45, 2.75) is 25.5 Å². The number of amides is 1. The number of aromatic nitrogens is 1. The summed E-state index contributed by atoms with van der Waals surface area (Å²) in [5, 5.41) is -0.952. The van der Waals surface area contributed by atoms with Crippen LogP contribution in [0.25, 0.3) is 0 Å². The van der Waals surface area contributed by atoms with Gasteiger partial charge in [-0.15, -0.1) is 0 Å². The van der Waals surface area contributed by atoms with Gasteiger partial charge in [0.15, 0.2) is 9.84 Å². The van der Waals surface area contributed by atoms with Crippen molar-refractivity contribution in [3.05, 3.63) is 59.5 Å². The first-order valence-corrected chi connectivity index (χ1v) is 11.3. The third-order valence-electron chi connectivity index (χ3n) is 4.83. The van der Waals surface area contributed by atoms with Crippen molar-refractivity contribution in [3.8, 4) is 5.88 Å².